The van der Waals surface area contributed by atoms with Crippen molar-refractivity contribution in [1.29, 1.82) is 0 Å². The average molecular weight is 351 g/mol. The van der Waals surface area contributed by atoms with Gasteiger partial charge in [-0.2, -0.15) is 0 Å². The van der Waals surface area contributed by atoms with Crippen LogP contribution in [0, 0.1) is 6.92 Å². The van der Waals surface area contributed by atoms with Gasteiger partial charge in [0.25, 0.3) is 11.8 Å². The van der Waals surface area contributed by atoms with Gasteiger partial charge in [-0.3, -0.25) is 25.2 Å². The van der Waals surface area contributed by atoms with Crippen LogP contribution in [-0.4, -0.2) is 17.7 Å². The molecule has 0 unspecified atom stereocenters. The van der Waals surface area contributed by atoms with Crippen molar-refractivity contribution in [3.63, 3.8) is 0 Å². The summed E-state index contributed by atoms with van der Waals surface area (Å²) >= 11 is 0. The largest absolute Gasteiger partial charge is 0.326 e. The minimum Gasteiger partial charge on any atom is -0.326 e. The number of anilines is 1. The first-order valence-electron chi connectivity index (χ1n) is 8.23. The van der Waals surface area contributed by atoms with Crippen molar-refractivity contribution >= 4 is 29.5 Å². The molecule has 0 aliphatic carbocycles. The summed E-state index contributed by atoms with van der Waals surface area (Å²) in [6.45, 7) is 3.74. The molecule has 3 amide bonds. The zero-order valence-electron chi connectivity index (χ0n) is 14.7. The molecule has 0 fully saturated rings. The van der Waals surface area contributed by atoms with Crippen LogP contribution < -0.4 is 16.2 Å². The van der Waals surface area contributed by atoms with E-state index < -0.39 is 11.8 Å². The van der Waals surface area contributed by atoms with Gasteiger partial charge in [0, 0.05) is 23.7 Å². The molecule has 2 aromatic rings. The van der Waals surface area contributed by atoms with Crippen molar-refractivity contribution in [2.24, 2.45) is 0 Å². The van der Waals surface area contributed by atoms with E-state index in [1.165, 1.54) is 6.08 Å². The van der Waals surface area contributed by atoms with Gasteiger partial charge in [0.2, 0.25) is 5.91 Å². The van der Waals surface area contributed by atoms with Crippen LogP contribution in [-0.2, 0) is 9.59 Å². The summed E-state index contributed by atoms with van der Waals surface area (Å²) in [5.41, 5.74) is 7.66. The molecule has 0 heterocycles. The molecule has 0 atom stereocenters. The summed E-state index contributed by atoms with van der Waals surface area (Å²) in [7, 11) is 0. The lowest BCUT2D eigenvalue weighted by Gasteiger charge is -2.07. The van der Waals surface area contributed by atoms with Gasteiger partial charge < -0.3 is 5.32 Å². The molecule has 3 N–H and O–H groups in total. The fraction of sp³-hybridized carbons (Fsp3) is 0.150. The van der Waals surface area contributed by atoms with Gasteiger partial charge in [-0.05, 0) is 42.8 Å². The third-order valence-corrected chi connectivity index (χ3v) is 3.56. The van der Waals surface area contributed by atoms with Crippen molar-refractivity contribution in [3.05, 3.63) is 71.3 Å². The Balaban J connectivity index is 1.84. The quantitative estimate of drug-likeness (QED) is 0.572. The number of rotatable bonds is 5. The molecular formula is C20H21N3O3. The topological polar surface area (TPSA) is 87.3 Å². The van der Waals surface area contributed by atoms with Gasteiger partial charge in [-0.15, -0.1) is 0 Å². The summed E-state index contributed by atoms with van der Waals surface area (Å²) in [4.78, 5) is 35.1. The highest BCUT2D eigenvalue weighted by Gasteiger charge is 2.06. The lowest BCUT2D eigenvalue weighted by atomic mass is 10.1. The molecule has 6 heteroatoms. The molecule has 26 heavy (non-hydrogen) atoms. The van der Waals surface area contributed by atoms with Crippen molar-refractivity contribution in [2.45, 2.75) is 20.3 Å². The van der Waals surface area contributed by atoms with Crippen molar-refractivity contribution < 1.29 is 14.4 Å². The van der Waals surface area contributed by atoms with Crippen LogP contribution in [0.1, 0.15) is 34.8 Å². The third kappa shape index (κ3) is 5.90. The van der Waals surface area contributed by atoms with Gasteiger partial charge in [0.1, 0.15) is 0 Å². The number of hydrogen-bond donors (Lipinski definition) is 3. The van der Waals surface area contributed by atoms with Crippen LogP contribution in [0.2, 0.25) is 0 Å². The molecule has 0 aliphatic rings. The highest BCUT2D eigenvalue weighted by atomic mass is 16.2. The van der Waals surface area contributed by atoms with Crippen molar-refractivity contribution in [2.75, 3.05) is 5.32 Å². The maximum Gasteiger partial charge on any atom is 0.269 e. The van der Waals surface area contributed by atoms with E-state index in [1.54, 1.807) is 37.3 Å². The monoisotopic (exact) mass is 351 g/mol. The van der Waals surface area contributed by atoms with E-state index in [4.69, 9.17) is 0 Å². The summed E-state index contributed by atoms with van der Waals surface area (Å²) in [6, 6.07) is 14.1. The number of carbonyl (C=O) groups excluding carboxylic acids is 3. The predicted octanol–water partition coefficient (Wildman–Crippen LogP) is 2.82. The van der Waals surface area contributed by atoms with E-state index in [1.807, 2.05) is 31.2 Å². The van der Waals surface area contributed by atoms with Crippen molar-refractivity contribution in [1.82, 2.24) is 10.9 Å². The summed E-state index contributed by atoms with van der Waals surface area (Å²) in [5, 5.41) is 2.69. The normalized spacial score (nSPS) is 10.4. The minimum absolute atomic E-state index is 0.102. The zero-order chi connectivity index (χ0) is 18.9. The number of hydrazine groups is 1. The van der Waals surface area contributed by atoms with Crippen LogP contribution in [0.3, 0.4) is 0 Å². The Morgan fingerprint density at radius 1 is 0.923 bits per heavy atom. The molecule has 0 radical (unpaired) electrons. The zero-order valence-corrected chi connectivity index (χ0v) is 14.7. The lowest BCUT2D eigenvalue weighted by molar-refractivity contribution is -0.117. The molecule has 134 valence electrons. The predicted molar refractivity (Wildman–Crippen MR) is 101 cm³/mol. The number of nitrogens with one attached hydrogen (secondary N) is 3. The molecule has 0 saturated heterocycles. The van der Waals surface area contributed by atoms with E-state index >= 15 is 0 Å². The summed E-state index contributed by atoms with van der Waals surface area (Å²) in [6.07, 6.45) is 3.38. The number of benzene rings is 2. The Bertz CT molecular complexity index is 809. The Morgan fingerprint density at radius 3 is 2.19 bits per heavy atom. The molecule has 0 spiro atoms. The fourth-order valence-electron chi connectivity index (χ4n) is 2.04. The molecule has 2 rings (SSSR count). The standard InChI is InChI=1S/C20H21N3O3/c1-3-18(24)21-17-11-9-16(10-12-17)20(26)23-22-19(25)13-8-15-6-4-14(2)5-7-15/h4-13H,3H2,1-2H3,(H,21,24)(H,22,25)(H,23,26)/b13-8+. The molecular weight excluding hydrogens is 330 g/mol. The van der Waals surface area contributed by atoms with E-state index in [0.29, 0.717) is 17.7 Å². The van der Waals surface area contributed by atoms with Crippen LogP contribution in [0.15, 0.2) is 54.6 Å². The van der Waals surface area contributed by atoms with Gasteiger partial charge in [-0.1, -0.05) is 36.8 Å². The second-order valence-corrected chi connectivity index (χ2v) is 5.67. The minimum atomic E-state index is -0.449. The van der Waals surface area contributed by atoms with Gasteiger partial charge in [0.15, 0.2) is 0 Å². The second-order valence-electron chi connectivity index (χ2n) is 5.67. The first kappa shape index (κ1) is 18.9. The van der Waals surface area contributed by atoms with E-state index in [9.17, 15) is 14.4 Å². The maximum atomic E-state index is 12.0. The first-order chi connectivity index (χ1) is 12.5. The van der Waals surface area contributed by atoms with Crippen LogP contribution in [0.4, 0.5) is 5.69 Å². The number of amides is 3. The Kier molecular flexibility index (Phi) is 6.68. The van der Waals surface area contributed by atoms with E-state index in [0.717, 1.165) is 11.1 Å². The molecule has 0 aromatic heterocycles. The third-order valence-electron chi connectivity index (χ3n) is 3.56. The Hall–Kier alpha value is -3.41. The van der Waals surface area contributed by atoms with Crippen LogP contribution in [0.5, 0.6) is 0 Å². The highest BCUT2D eigenvalue weighted by Crippen LogP contribution is 2.09. The smallest absolute Gasteiger partial charge is 0.269 e. The van der Waals surface area contributed by atoms with Gasteiger partial charge in [0.05, 0.1) is 0 Å². The lowest BCUT2D eigenvalue weighted by Crippen LogP contribution is -2.40. The number of aryl methyl sites for hydroxylation is 1. The van der Waals surface area contributed by atoms with Crippen LogP contribution >= 0.6 is 0 Å². The SMILES string of the molecule is CCC(=O)Nc1ccc(C(=O)NNC(=O)/C=C/c2ccc(C)cc2)cc1. The Labute approximate surface area is 152 Å². The number of carbonyl (C=O) groups is 3. The molecule has 2 aromatic carbocycles. The van der Waals surface area contributed by atoms with Gasteiger partial charge in [-0.25, -0.2) is 0 Å². The maximum absolute atomic E-state index is 12.0. The van der Waals surface area contributed by atoms with E-state index in [-0.39, 0.29) is 5.91 Å². The summed E-state index contributed by atoms with van der Waals surface area (Å²) < 4.78 is 0. The van der Waals surface area contributed by atoms with Gasteiger partial charge >= 0.3 is 0 Å². The fourth-order valence-corrected chi connectivity index (χ4v) is 2.04. The molecule has 0 bridgehead atoms. The average Bonchev–Trinajstić information content (AvgIpc) is 2.66. The highest BCUT2D eigenvalue weighted by molar-refractivity contribution is 5.98. The first-order valence-corrected chi connectivity index (χ1v) is 8.23. The second kappa shape index (κ2) is 9.17. The molecule has 0 aliphatic heterocycles. The molecule has 6 nitrogen and oxygen atoms in total. The Morgan fingerprint density at radius 2 is 1.58 bits per heavy atom. The summed E-state index contributed by atoms with van der Waals surface area (Å²) in [5.74, 6) is -0.990. The van der Waals surface area contributed by atoms with Crippen molar-refractivity contribution in [3.8, 4) is 0 Å². The van der Waals surface area contributed by atoms with E-state index in [2.05, 4.69) is 16.2 Å². The van der Waals surface area contributed by atoms with Crippen LogP contribution in [0.25, 0.3) is 6.08 Å². The molecule has 0 saturated carbocycles. The number of hydrogen-bond acceptors (Lipinski definition) is 3.